The average molecular weight is 468 g/mol. The van der Waals surface area contributed by atoms with Crippen LogP contribution in [-0.2, 0) is 9.53 Å². The van der Waals surface area contributed by atoms with Crippen LogP contribution in [0, 0.1) is 5.92 Å². The lowest BCUT2D eigenvalue weighted by atomic mass is 9.79. The second-order valence-electron chi connectivity index (χ2n) is 6.58. The van der Waals surface area contributed by atoms with Gasteiger partial charge < -0.3 is 14.8 Å². The van der Waals surface area contributed by atoms with E-state index in [2.05, 4.69) is 21.2 Å². The van der Waals surface area contributed by atoms with Crippen molar-refractivity contribution in [3.05, 3.63) is 57.5 Å². The Morgan fingerprint density at radius 3 is 2.85 bits per heavy atom. The van der Waals surface area contributed by atoms with Gasteiger partial charge in [-0.2, -0.15) is 0 Å². The lowest BCUT2D eigenvalue weighted by Gasteiger charge is -2.55. The molecule has 140 valence electrons. The number of ether oxygens (including phenoxy) is 2. The highest BCUT2D eigenvalue weighted by molar-refractivity contribution is 9.10. The Morgan fingerprint density at radius 1 is 1.37 bits per heavy atom. The van der Waals surface area contributed by atoms with E-state index in [0.717, 1.165) is 15.7 Å². The fourth-order valence-corrected chi connectivity index (χ4v) is 4.82. The van der Waals surface area contributed by atoms with Gasteiger partial charge in [0.15, 0.2) is 5.11 Å². The summed E-state index contributed by atoms with van der Waals surface area (Å²) in [5.74, 6) is -0.335. The Kier molecular flexibility index (Phi) is 4.56. The number of methoxy groups -OCH3 is 1. The van der Waals surface area contributed by atoms with Gasteiger partial charge in [0.05, 0.1) is 13.2 Å². The van der Waals surface area contributed by atoms with Gasteiger partial charge in [0.1, 0.15) is 11.7 Å². The van der Waals surface area contributed by atoms with E-state index in [1.54, 1.807) is 17.0 Å². The van der Waals surface area contributed by atoms with Crippen molar-refractivity contribution in [1.29, 1.82) is 0 Å². The zero-order valence-corrected chi connectivity index (χ0v) is 17.7. The molecule has 0 saturated carbocycles. The largest absolute Gasteiger partial charge is 0.469 e. The normalized spacial score (nSPS) is 25.9. The lowest BCUT2D eigenvalue weighted by Crippen LogP contribution is -2.71. The van der Waals surface area contributed by atoms with Gasteiger partial charge in [0, 0.05) is 20.7 Å². The van der Waals surface area contributed by atoms with Gasteiger partial charge in [-0.15, -0.1) is 0 Å². The van der Waals surface area contributed by atoms with E-state index >= 15 is 0 Å². The summed E-state index contributed by atoms with van der Waals surface area (Å²) in [6, 6.07) is 12.6. The fraction of sp³-hybridized carbons (Fsp3) is 0.263. The Hall–Kier alpha value is -1.83. The molecule has 8 heteroatoms. The summed E-state index contributed by atoms with van der Waals surface area (Å²) >= 11 is 15.3. The number of hydrogen-bond acceptors (Lipinski definition) is 4. The van der Waals surface area contributed by atoms with Crippen molar-refractivity contribution in [3.8, 4) is 5.75 Å². The van der Waals surface area contributed by atoms with Crippen LogP contribution in [0.5, 0.6) is 5.75 Å². The van der Waals surface area contributed by atoms with Crippen molar-refractivity contribution < 1.29 is 14.3 Å². The highest BCUT2D eigenvalue weighted by Crippen LogP contribution is 2.50. The van der Waals surface area contributed by atoms with Crippen LogP contribution in [0.15, 0.2) is 46.9 Å². The summed E-state index contributed by atoms with van der Waals surface area (Å²) in [7, 11) is 1.37. The number of hydrogen-bond donors (Lipinski definition) is 1. The van der Waals surface area contributed by atoms with E-state index in [4.69, 9.17) is 33.3 Å². The molecule has 0 unspecified atom stereocenters. The number of rotatable bonds is 2. The molecule has 2 aliphatic rings. The molecule has 5 nitrogen and oxygen atoms in total. The van der Waals surface area contributed by atoms with Gasteiger partial charge in [0.2, 0.25) is 5.72 Å². The minimum Gasteiger partial charge on any atom is -0.469 e. The van der Waals surface area contributed by atoms with E-state index in [-0.39, 0.29) is 12.0 Å². The maximum absolute atomic E-state index is 12.8. The maximum Gasteiger partial charge on any atom is 0.317 e. The van der Waals surface area contributed by atoms with Gasteiger partial charge in [-0.05, 0) is 55.5 Å². The highest BCUT2D eigenvalue weighted by atomic mass is 79.9. The molecule has 2 aromatic carbocycles. The van der Waals surface area contributed by atoms with Crippen LogP contribution < -0.4 is 15.0 Å². The van der Waals surface area contributed by atoms with Crippen molar-refractivity contribution in [1.82, 2.24) is 5.32 Å². The molecular weight excluding hydrogens is 452 g/mol. The first-order chi connectivity index (χ1) is 12.8. The van der Waals surface area contributed by atoms with Crippen LogP contribution in [0.1, 0.15) is 18.5 Å². The number of fused-ring (bicyclic) bond motifs is 4. The molecule has 2 bridgehead atoms. The van der Waals surface area contributed by atoms with E-state index in [1.165, 1.54) is 7.11 Å². The molecule has 2 aliphatic heterocycles. The molecule has 27 heavy (non-hydrogen) atoms. The lowest BCUT2D eigenvalue weighted by molar-refractivity contribution is -0.157. The highest BCUT2D eigenvalue weighted by Gasteiger charge is 2.59. The number of carbonyl (C=O) groups is 1. The first kappa shape index (κ1) is 18.5. The first-order valence-electron chi connectivity index (χ1n) is 8.28. The van der Waals surface area contributed by atoms with Crippen LogP contribution in [0.2, 0.25) is 5.02 Å². The fourth-order valence-electron chi connectivity index (χ4n) is 3.85. The van der Waals surface area contributed by atoms with E-state index in [0.29, 0.717) is 15.9 Å². The molecule has 2 aromatic rings. The van der Waals surface area contributed by atoms with Crippen molar-refractivity contribution in [2.45, 2.75) is 18.7 Å². The quantitative estimate of drug-likeness (QED) is 0.521. The second kappa shape index (κ2) is 6.65. The van der Waals surface area contributed by atoms with E-state index < -0.39 is 11.6 Å². The predicted octanol–water partition coefficient (Wildman–Crippen LogP) is 4.44. The third-order valence-electron chi connectivity index (χ3n) is 4.98. The van der Waals surface area contributed by atoms with Crippen molar-refractivity contribution in [2.24, 2.45) is 5.92 Å². The molecule has 1 fully saturated rings. The number of carbonyl (C=O) groups excluding carboxylic acids is 1. The molecule has 0 aromatic heterocycles. The number of anilines is 1. The summed E-state index contributed by atoms with van der Waals surface area (Å²) in [4.78, 5) is 14.6. The summed E-state index contributed by atoms with van der Waals surface area (Å²) in [6.07, 6.45) is 0. The third-order valence-corrected chi connectivity index (χ3v) is 6.01. The molecule has 1 N–H and O–H groups in total. The van der Waals surface area contributed by atoms with Crippen LogP contribution in [0.25, 0.3) is 0 Å². The van der Waals surface area contributed by atoms with Gasteiger partial charge in [-0.1, -0.05) is 33.6 Å². The van der Waals surface area contributed by atoms with Crippen molar-refractivity contribution in [2.75, 3.05) is 12.0 Å². The zero-order chi connectivity index (χ0) is 19.3. The number of thiocarbonyl (C=S) groups is 1. The van der Waals surface area contributed by atoms with Gasteiger partial charge >= 0.3 is 5.97 Å². The number of nitrogens with zero attached hydrogens (tertiary/aromatic N) is 1. The summed E-state index contributed by atoms with van der Waals surface area (Å²) in [5.41, 5.74) is 0.506. The molecule has 0 amide bonds. The summed E-state index contributed by atoms with van der Waals surface area (Å²) in [5, 5.41) is 4.32. The maximum atomic E-state index is 12.8. The van der Waals surface area contributed by atoms with Gasteiger partial charge in [0.25, 0.3) is 0 Å². The summed E-state index contributed by atoms with van der Waals surface area (Å²) < 4.78 is 12.4. The Morgan fingerprint density at radius 2 is 2.15 bits per heavy atom. The Labute approximate surface area is 175 Å². The summed E-state index contributed by atoms with van der Waals surface area (Å²) in [6.45, 7) is 1.85. The number of benzene rings is 2. The Balaban J connectivity index is 1.92. The molecule has 2 heterocycles. The molecule has 0 aliphatic carbocycles. The van der Waals surface area contributed by atoms with E-state index in [1.807, 2.05) is 37.3 Å². The minimum atomic E-state index is -1.08. The minimum absolute atomic E-state index is 0.369. The molecule has 3 atom stereocenters. The zero-order valence-electron chi connectivity index (χ0n) is 14.5. The van der Waals surface area contributed by atoms with Crippen LogP contribution in [0.4, 0.5) is 5.69 Å². The predicted molar refractivity (Wildman–Crippen MR) is 111 cm³/mol. The number of halogens is 2. The first-order valence-corrected chi connectivity index (χ1v) is 9.85. The van der Waals surface area contributed by atoms with E-state index in [9.17, 15) is 4.79 Å². The van der Waals surface area contributed by atoms with Crippen molar-refractivity contribution in [3.63, 3.8) is 0 Å². The molecule has 0 radical (unpaired) electrons. The van der Waals surface area contributed by atoms with Gasteiger partial charge in [-0.25, -0.2) is 0 Å². The average Bonchev–Trinajstić information content (AvgIpc) is 2.61. The third kappa shape index (κ3) is 2.88. The SMILES string of the molecule is COC(=O)[C@@H]1[C@H]2NC(=S)N(c3cccc(Cl)c3)[C@@]1(C)Oc1ccc(Br)cc12. The molecule has 0 spiro atoms. The van der Waals surface area contributed by atoms with Gasteiger partial charge in [-0.3, -0.25) is 9.69 Å². The molecular formula is C19H16BrClN2O3S. The Bertz CT molecular complexity index is 956. The number of nitrogens with one attached hydrogen (secondary N) is 1. The topological polar surface area (TPSA) is 50.8 Å². The molecule has 1 saturated heterocycles. The van der Waals surface area contributed by atoms with Crippen LogP contribution in [0.3, 0.4) is 0 Å². The van der Waals surface area contributed by atoms with Crippen molar-refractivity contribution >= 4 is 56.5 Å². The smallest absolute Gasteiger partial charge is 0.317 e. The monoisotopic (exact) mass is 466 g/mol. The standard InChI is InChI=1S/C19H16BrClN2O3S/c1-19-15(17(24)25-2)16(13-8-10(20)6-7-14(13)26-19)22-18(27)23(19)12-5-3-4-11(21)9-12/h3-9,15-16H,1-2H3,(H,22,27)/t15-,16-,19-/m0/s1. The van der Waals surface area contributed by atoms with Crippen LogP contribution in [-0.4, -0.2) is 23.9 Å². The number of esters is 1. The van der Waals surface area contributed by atoms with Crippen LogP contribution >= 0.6 is 39.7 Å². The second-order valence-corrected chi connectivity index (χ2v) is 8.32. The molecule has 4 rings (SSSR count).